The van der Waals surface area contributed by atoms with Crippen molar-refractivity contribution in [2.75, 3.05) is 0 Å². The average molecular weight is 456 g/mol. The van der Waals surface area contributed by atoms with E-state index >= 15 is 0 Å². The van der Waals surface area contributed by atoms with Gasteiger partial charge in [0.2, 0.25) is 5.69 Å². The summed E-state index contributed by atoms with van der Waals surface area (Å²) in [7, 11) is 0. The van der Waals surface area contributed by atoms with E-state index in [2.05, 4.69) is 15.4 Å². The minimum Gasteiger partial charge on any atom is -0.346 e. The fraction of sp³-hybridized carbons (Fsp3) is 0.192. The monoisotopic (exact) mass is 455 g/mol. The zero-order chi connectivity index (χ0) is 24.2. The summed E-state index contributed by atoms with van der Waals surface area (Å²) in [5.74, 6) is -0.663. The van der Waals surface area contributed by atoms with Crippen molar-refractivity contribution in [1.82, 2.24) is 24.6 Å². The van der Waals surface area contributed by atoms with E-state index in [1.165, 1.54) is 0 Å². The smallest absolute Gasteiger partial charge is 0.346 e. The lowest BCUT2D eigenvalue weighted by Gasteiger charge is -2.13. The molecule has 0 aliphatic carbocycles. The van der Waals surface area contributed by atoms with Gasteiger partial charge in [-0.25, -0.2) is 4.79 Å². The molecule has 0 saturated carbocycles. The first kappa shape index (κ1) is 22.8. The Labute approximate surface area is 196 Å². The number of pyridine rings is 1. The van der Waals surface area contributed by atoms with Gasteiger partial charge in [-0.2, -0.15) is 9.78 Å². The quantitative estimate of drug-likeness (QED) is 0.482. The van der Waals surface area contributed by atoms with Gasteiger partial charge in [0.25, 0.3) is 11.5 Å². The second-order valence-electron chi connectivity index (χ2n) is 8.23. The molecule has 2 aromatic carbocycles. The van der Waals surface area contributed by atoms with Gasteiger partial charge in [0, 0.05) is 18.9 Å². The molecule has 0 bridgehead atoms. The molecule has 0 fully saturated rings. The Morgan fingerprint density at radius 3 is 2.38 bits per heavy atom. The van der Waals surface area contributed by atoms with Gasteiger partial charge in [-0.05, 0) is 61.2 Å². The Hall–Kier alpha value is -4.33. The zero-order valence-corrected chi connectivity index (χ0v) is 19.3. The molecule has 2 aromatic heterocycles. The zero-order valence-electron chi connectivity index (χ0n) is 19.3. The second kappa shape index (κ2) is 9.66. The van der Waals surface area contributed by atoms with E-state index in [0.717, 1.165) is 37.1 Å². The molecule has 0 aliphatic heterocycles. The van der Waals surface area contributed by atoms with Crippen molar-refractivity contribution in [3.8, 4) is 5.69 Å². The topological polar surface area (TPSA) is 98.9 Å². The van der Waals surface area contributed by atoms with Gasteiger partial charge in [0.1, 0.15) is 0 Å². The molecule has 0 unspecified atom stereocenters. The molecule has 0 atom stereocenters. The molecule has 0 aliphatic rings. The first-order chi connectivity index (χ1) is 16.3. The predicted molar refractivity (Wildman–Crippen MR) is 129 cm³/mol. The lowest BCUT2D eigenvalue weighted by Crippen LogP contribution is -2.46. The number of aryl methyl sites for hydroxylation is 3. The minimum absolute atomic E-state index is 0.0220. The molecule has 1 amide bonds. The largest absolute Gasteiger partial charge is 0.352 e. The maximum absolute atomic E-state index is 13.3. The van der Waals surface area contributed by atoms with Crippen molar-refractivity contribution in [1.29, 1.82) is 0 Å². The molecular formula is C26H25N5O3. The fourth-order valence-electron chi connectivity index (χ4n) is 3.47. The van der Waals surface area contributed by atoms with Gasteiger partial charge < -0.3 is 5.32 Å². The van der Waals surface area contributed by atoms with Crippen molar-refractivity contribution in [3.63, 3.8) is 0 Å². The standard InChI is InChI=1S/C26H25N5O3/c1-17-6-9-20(10-7-17)16-30-25(33)23(24(32)28-15-21-5-4-12-27-14-21)29-31(26(30)34)22-11-8-18(2)19(3)13-22/h4-14H,15-16H2,1-3H3,(H,28,32). The molecule has 2 heterocycles. The highest BCUT2D eigenvalue weighted by Crippen LogP contribution is 2.12. The number of aromatic nitrogens is 4. The number of carbonyl (C=O) groups excluding carboxylic acids is 1. The van der Waals surface area contributed by atoms with Crippen LogP contribution in [0.4, 0.5) is 0 Å². The van der Waals surface area contributed by atoms with Crippen LogP contribution in [0.2, 0.25) is 0 Å². The summed E-state index contributed by atoms with van der Waals surface area (Å²) in [6, 6.07) is 16.5. The Morgan fingerprint density at radius 1 is 0.941 bits per heavy atom. The molecular weight excluding hydrogens is 430 g/mol. The van der Waals surface area contributed by atoms with Crippen LogP contribution in [-0.2, 0) is 13.1 Å². The Morgan fingerprint density at radius 2 is 1.71 bits per heavy atom. The van der Waals surface area contributed by atoms with E-state index < -0.39 is 17.2 Å². The predicted octanol–water partition coefficient (Wildman–Crippen LogP) is 2.69. The first-order valence-corrected chi connectivity index (χ1v) is 10.9. The van der Waals surface area contributed by atoms with Gasteiger partial charge in [-0.3, -0.25) is 19.1 Å². The van der Waals surface area contributed by atoms with Crippen LogP contribution in [-0.4, -0.2) is 25.2 Å². The van der Waals surface area contributed by atoms with Crippen molar-refractivity contribution in [2.24, 2.45) is 0 Å². The number of nitrogens with zero attached hydrogens (tertiary/aromatic N) is 4. The molecule has 34 heavy (non-hydrogen) atoms. The van der Waals surface area contributed by atoms with Crippen molar-refractivity contribution >= 4 is 5.91 Å². The molecule has 0 spiro atoms. The summed E-state index contributed by atoms with van der Waals surface area (Å²) in [5.41, 5.74) is 3.40. The maximum Gasteiger partial charge on any atom is 0.352 e. The van der Waals surface area contributed by atoms with E-state index in [4.69, 9.17) is 0 Å². The molecule has 4 rings (SSSR count). The molecule has 8 nitrogen and oxygen atoms in total. The summed E-state index contributed by atoms with van der Waals surface area (Å²) in [4.78, 5) is 43.6. The number of benzene rings is 2. The fourth-order valence-corrected chi connectivity index (χ4v) is 3.47. The third-order valence-corrected chi connectivity index (χ3v) is 5.65. The van der Waals surface area contributed by atoms with E-state index in [1.54, 1.807) is 24.5 Å². The van der Waals surface area contributed by atoms with E-state index in [0.29, 0.717) is 5.69 Å². The molecule has 0 radical (unpaired) electrons. The minimum atomic E-state index is -0.741. The van der Waals surface area contributed by atoms with E-state index in [9.17, 15) is 14.4 Å². The van der Waals surface area contributed by atoms with Crippen LogP contribution in [0.15, 0.2) is 76.6 Å². The highest BCUT2D eigenvalue weighted by atomic mass is 16.2. The summed E-state index contributed by atoms with van der Waals surface area (Å²) in [5, 5.41) is 6.89. The maximum atomic E-state index is 13.3. The summed E-state index contributed by atoms with van der Waals surface area (Å²) in [6.45, 7) is 6.04. The summed E-state index contributed by atoms with van der Waals surface area (Å²) in [6.07, 6.45) is 3.26. The van der Waals surface area contributed by atoms with Crippen LogP contribution >= 0.6 is 0 Å². The van der Waals surface area contributed by atoms with Crippen LogP contribution in [0.1, 0.15) is 38.3 Å². The second-order valence-corrected chi connectivity index (χ2v) is 8.23. The number of rotatable bonds is 6. The Balaban J connectivity index is 1.80. The van der Waals surface area contributed by atoms with Crippen molar-refractivity contribution in [2.45, 2.75) is 33.9 Å². The third kappa shape index (κ3) is 4.85. The van der Waals surface area contributed by atoms with Crippen LogP contribution < -0.4 is 16.6 Å². The number of carbonyl (C=O) groups is 1. The van der Waals surface area contributed by atoms with E-state index in [-0.39, 0.29) is 18.8 Å². The summed E-state index contributed by atoms with van der Waals surface area (Å²) >= 11 is 0. The lowest BCUT2D eigenvalue weighted by atomic mass is 10.1. The van der Waals surface area contributed by atoms with Crippen LogP contribution in [0.3, 0.4) is 0 Å². The first-order valence-electron chi connectivity index (χ1n) is 10.9. The average Bonchev–Trinajstić information content (AvgIpc) is 2.84. The van der Waals surface area contributed by atoms with Crippen LogP contribution in [0, 0.1) is 20.8 Å². The highest BCUT2D eigenvalue weighted by Gasteiger charge is 2.20. The van der Waals surface area contributed by atoms with Crippen LogP contribution in [0.5, 0.6) is 0 Å². The molecule has 1 N–H and O–H groups in total. The normalized spacial score (nSPS) is 10.8. The lowest BCUT2D eigenvalue weighted by molar-refractivity contribution is 0.0941. The van der Waals surface area contributed by atoms with Gasteiger partial charge in [0.15, 0.2) is 0 Å². The SMILES string of the molecule is Cc1ccc(Cn2c(=O)c(C(=O)NCc3cccnc3)nn(-c3ccc(C)c(C)c3)c2=O)cc1. The van der Waals surface area contributed by atoms with E-state index in [1.807, 2.05) is 63.2 Å². The number of amides is 1. The van der Waals surface area contributed by atoms with Gasteiger partial charge in [-0.15, -0.1) is 0 Å². The molecule has 4 aromatic rings. The van der Waals surface area contributed by atoms with Gasteiger partial charge >= 0.3 is 5.69 Å². The Bertz CT molecular complexity index is 1460. The van der Waals surface area contributed by atoms with Crippen LogP contribution in [0.25, 0.3) is 5.69 Å². The van der Waals surface area contributed by atoms with Crippen molar-refractivity contribution < 1.29 is 4.79 Å². The molecule has 172 valence electrons. The number of nitrogens with one attached hydrogen (secondary N) is 1. The van der Waals surface area contributed by atoms with Gasteiger partial charge in [0.05, 0.1) is 12.2 Å². The number of hydrogen-bond acceptors (Lipinski definition) is 5. The van der Waals surface area contributed by atoms with Gasteiger partial charge in [-0.1, -0.05) is 42.0 Å². The Kier molecular flexibility index (Phi) is 6.49. The number of hydrogen-bond donors (Lipinski definition) is 1. The van der Waals surface area contributed by atoms with Crippen molar-refractivity contribution in [3.05, 3.63) is 121 Å². The highest BCUT2D eigenvalue weighted by molar-refractivity contribution is 5.91. The molecule has 8 heteroatoms. The summed E-state index contributed by atoms with van der Waals surface area (Å²) < 4.78 is 2.16. The molecule has 0 saturated heterocycles. The third-order valence-electron chi connectivity index (χ3n) is 5.65.